The van der Waals surface area contributed by atoms with Gasteiger partial charge >= 0.3 is 5.97 Å². The van der Waals surface area contributed by atoms with Crippen LogP contribution in [0.25, 0.3) is 10.9 Å². The van der Waals surface area contributed by atoms with Crippen molar-refractivity contribution in [3.8, 4) is 0 Å². The molecule has 0 saturated carbocycles. The van der Waals surface area contributed by atoms with Crippen LogP contribution in [0.2, 0.25) is 0 Å². The molecule has 2 rings (SSSR count). The highest BCUT2D eigenvalue weighted by Crippen LogP contribution is 2.19. The fourth-order valence-electron chi connectivity index (χ4n) is 1.68. The molecule has 0 radical (unpaired) electrons. The number of nitrogens with two attached hydrogens (primary N) is 1. The number of aromatic amines is 1. The minimum absolute atomic E-state index is 0.137. The van der Waals surface area contributed by atoms with Gasteiger partial charge in [0.15, 0.2) is 0 Å². The fourth-order valence-corrected chi connectivity index (χ4v) is 1.68. The average Bonchev–Trinajstić information content (AvgIpc) is 2.75. The second-order valence-corrected chi connectivity index (χ2v) is 3.95. The molecule has 90 valence electrons. The highest BCUT2D eigenvalue weighted by atomic mass is 16.5. The summed E-state index contributed by atoms with van der Waals surface area (Å²) >= 11 is 0. The van der Waals surface area contributed by atoms with Gasteiger partial charge in [0.1, 0.15) is 0 Å². The van der Waals surface area contributed by atoms with E-state index in [2.05, 4.69) is 10.2 Å². The van der Waals surface area contributed by atoms with Gasteiger partial charge in [-0.3, -0.25) is 9.89 Å². The standard InChI is InChI=1S/C12H15N3O2/c1-8(16)17-5-4-11(13)9-2-3-10-7-14-15-12(10)6-9/h2-3,6-7,11H,4-5,13H2,1H3,(H,14,15). The monoisotopic (exact) mass is 233 g/mol. The summed E-state index contributed by atoms with van der Waals surface area (Å²) < 4.78 is 4.87. The van der Waals surface area contributed by atoms with E-state index >= 15 is 0 Å². The van der Waals surface area contributed by atoms with Crippen molar-refractivity contribution in [2.24, 2.45) is 5.73 Å². The van der Waals surface area contributed by atoms with Gasteiger partial charge in [-0.25, -0.2) is 0 Å². The van der Waals surface area contributed by atoms with E-state index in [4.69, 9.17) is 10.5 Å². The third kappa shape index (κ3) is 2.82. The first-order valence-electron chi connectivity index (χ1n) is 5.49. The van der Waals surface area contributed by atoms with Crippen molar-refractivity contribution in [2.45, 2.75) is 19.4 Å². The van der Waals surface area contributed by atoms with Crippen molar-refractivity contribution in [2.75, 3.05) is 6.61 Å². The Kier molecular flexibility index (Phi) is 3.39. The minimum atomic E-state index is -0.277. The van der Waals surface area contributed by atoms with Crippen LogP contribution >= 0.6 is 0 Å². The van der Waals surface area contributed by atoms with Gasteiger partial charge in [0, 0.05) is 24.8 Å². The molecule has 0 saturated heterocycles. The van der Waals surface area contributed by atoms with Crippen molar-refractivity contribution in [3.05, 3.63) is 30.0 Å². The van der Waals surface area contributed by atoms with Gasteiger partial charge in [0.25, 0.3) is 0 Å². The molecule has 1 atom stereocenters. The van der Waals surface area contributed by atoms with Gasteiger partial charge < -0.3 is 10.5 Å². The topological polar surface area (TPSA) is 81.0 Å². The SMILES string of the molecule is CC(=O)OCCC(N)c1ccc2cn[nH]c2c1. The molecular formula is C12H15N3O2. The highest BCUT2D eigenvalue weighted by molar-refractivity contribution is 5.78. The summed E-state index contributed by atoms with van der Waals surface area (Å²) in [5.74, 6) is -0.277. The number of nitrogens with one attached hydrogen (secondary N) is 1. The number of hydrogen-bond donors (Lipinski definition) is 2. The van der Waals surface area contributed by atoms with Crippen LogP contribution in [-0.4, -0.2) is 22.8 Å². The van der Waals surface area contributed by atoms with Crippen molar-refractivity contribution < 1.29 is 9.53 Å². The van der Waals surface area contributed by atoms with E-state index in [9.17, 15) is 4.79 Å². The van der Waals surface area contributed by atoms with Crippen LogP contribution in [-0.2, 0) is 9.53 Å². The van der Waals surface area contributed by atoms with E-state index in [-0.39, 0.29) is 12.0 Å². The molecule has 1 heterocycles. The molecular weight excluding hydrogens is 218 g/mol. The van der Waals surface area contributed by atoms with E-state index in [1.54, 1.807) is 6.20 Å². The smallest absolute Gasteiger partial charge is 0.302 e. The first-order chi connectivity index (χ1) is 8.16. The number of hydrogen-bond acceptors (Lipinski definition) is 4. The van der Waals surface area contributed by atoms with E-state index in [0.717, 1.165) is 16.5 Å². The van der Waals surface area contributed by atoms with Crippen molar-refractivity contribution in [3.63, 3.8) is 0 Å². The lowest BCUT2D eigenvalue weighted by Crippen LogP contribution is -2.14. The molecule has 0 bridgehead atoms. The summed E-state index contributed by atoms with van der Waals surface area (Å²) in [5, 5.41) is 7.91. The Balaban J connectivity index is 2.02. The largest absolute Gasteiger partial charge is 0.466 e. The normalized spacial score (nSPS) is 12.6. The molecule has 17 heavy (non-hydrogen) atoms. The molecule has 5 nitrogen and oxygen atoms in total. The first kappa shape index (κ1) is 11.6. The molecule has 0 aliphatic rings. The second kappa shape index (κ2) is 4.97. The first-order valence-corrected chi connectivity index (χ1v) is 5.49. The number of esters is 1. The zero-order valence-corrected chi connectivity index (χ0v) is 9.64. The van der Waals surface area contributed by atoms with E-state index < -0.39 is 0 Å². The Morgan fingerprint density at radius 2 is 2.41 bits per heavy atom. The molecule has 0 aliphatic carbocycles. The lowest BCUT2D eigenvalue weighted by atomic mass is 10.0. The van der Waals surface area contributed by atoms with Crippen LogP contribution in [0.4, 0.5) is 0 Å². The number of benzene rings is 1. The molecule has 1 unspecified atom stereocenters. The molecule has 0 spiro atoms. The summed E-state index contributed by atoms with van der Waals surface area (Å²) in [5.41, 5.74) is 7.99. The third-order valence-electron chi connectivity index (χ3n) is 2.63. The van der Waals surface area contributed by atoms with Crippen LogP contribution in [0.5, 0.6) is 0 Å². The Morgan fingerprint density at radius 1 is 1.59 bits per heavy atom. The predicted octanol–water partition coefficient (Wildman–Crippen LogP) is 1.52. The fraction of sp³-hybridized carbons (Fsp3) is 0.333. The molecule has 0 aliphatic heterocycles. The van der Waals surface area contributed by atoms with Crippen molar-refractivity contribution in [1.29, 1.82) is 0 Å². The van der Waals surface area contributed by atoms with Crippen LogP contribution in [0, 0.1) is 0 Å². The summed E-state index contributed by atoms with van der Waals surface area (Å²) in [6, 6.07) is 5.78. The number of carbonyl (C=O) groups is 1. The van der Waals surface area contributed by atoms with Gasteiger partial charge in [0.2, 0.25) is 0 Å². The predicted molar refractivity (Wildman–Crippen MR) is 64.3 cm³/mol. The number of carbonyl (C=O) groups excluding carboxylic acids is 1. The van der Waals surface area contributed by atoms with Crippen LogP contribution in [0.3, 0.4) is 0 Å². The minimum Gasteiger partial charge on any atom is -0.466 e. The number of rotatable bonds is 4. The van der Waals surface area contributed by atoms with Gasteiger partial charge in [-0.2, -0.15) is 5.10 Å². The summed E-state index contributed by atoms with van der Waals surface area (Å²) in [6.07, 6.45) is 2.38. The molecule has 0 fully saturated rings. The molecule has 0 amide bonds. The van der Waals surface area contributed by atoms with E-state index in [0.29, 0.717) is 13.0 Å². The third-order valence-corrected chi connectivity index (χ3v) is 2.63. The van der Waals surface area contributed by atoms with E-state index in [1.807, 2.05) is 18.2 Å². The maximum Gasteiger partial charge on any atom is 0.302 e. The van der Waals surface area contributed by atoms with Gasteiger partial charge in [-0.05, 0) is 11.6 Å². The molecule has 3 N–H and O–H groups in total. The summed E-state index contributed by atoms with van der Waals surface area (Å²) in [4.78, 5) is 10.6. The number of ether oxygens (including phenoxy) is 1. The Morgan fingerprint density at radius 3 is 3.18 bits per heavy atom. The average molecular weight is 233 g/mol. The Bertz CT molecular complexity index is 521. The zero-order chi connectivity index (χ0) is 12.3. The van der Waals surface area contributed by atoms with Crippen molar-refractivity contribution >= 4 is 16.9 Å². The second-order valence-electron chi connectivity index (χ2n) is 3.95. The molecule has 5 heteroatoms. The number of H-pyrrole nitrogens is 1. The molecule has 1 aromatic carbocycles. The Labute approximate surface area is 98.9 Å². The van der Waals surface area contributed by atoms with E-state index in [1.165, 1.54) is 6.92 Å². The number of aromatic nitrogens is 2. The quantitative estimate of drug-likeness (QED) is 0.784. The van der Waals surface area contributed by atoms with Gasteiger partial charge in [0.05, 0.1) is 18.3 Å². The Hall–Kier alpha value is -1.88. The van der Waals surface area contributed by atoms with Gasteiger partial charge in [-0.15, -0.1) is 0 Å². The van der Waals surface area contributed by atoms with Crippen LogP contribution < -0.4 is 5.73 Å². The van der Waals surface area contributed by atoms with Crippen LogP contribution in [0.15, 0.2) is 24.4 Å². The van der Waals surface area contributed by atoms with Gasteiger partial charge in [-0.1, -0.05) is 12.1 Å². The highest BCUT2D eigenvalue weighted by Gasteiger charge is 2.08. The maximum absolute atomic E-state index is 10.6. The van der Waals surface area contributed by atoms with Crippen LogP contribution in [0.1, 0.15) is 24.9 Å². The lowest BCUT2D eigenvalue weighted by molar-refractivity contribution is -0.141. The number of fused-ring (bicyclic) bond motifs is 1. The molecule has 1 aromatic heterocycles. The summed E-state index contributed by atoms with van der Waals surface area (Å²) in [7, 11) is 0. The number of nitrogens with zero attached hydrogens (tertiary/aromatic N) is 1. The molecule has 2 aromatic rings. The van der Waals surface area contributed by atoms with Crippen molar-refractivity contribution in [1.82, 2.24) is 10.2 Å². The maximum atomic E-state index is 10.6. The lowest BCUT2D eigenvalue weighted by Gasteiger charge is -2.11. The summed E-state index contributed by atoms with van der Waals surface area (Å²) in [6.45, 7) is 1.74. The zero-order valence-electron chi connectivity index (χ0n) is 9.64.